The number of hydrogen-bond donors (Lipinski definition) is 1. The van der Waals surface area contributed by atoms with Crippen LogP contribution in [0.1, 0.15) is 5.56 Å². The standard InChI is InChI=1S/C14H12BClO3/c1-18-14-5-3-2-4-10(14)11-7-12-9(6-13(11)16)8-19-15(12)17/h2-7,17H,8H2,1H3. The maximum atomic E-state index is 9.77. The van der Waals surface area contributed by atoms with Gasteiger partial charge >= 0.3 is 7.12 Å². The Balaban J connectivity index is 2.18. The number of halogens is 1. The lowest BCUT2D eigenvalue weighted by Gasteiger charge is -2.11. The average Bonchev–Trinajstić information content (AvgIpc) is 2.78. The molecule has 3 rings (SSSR count). The number of hydrogen-bond acceptors (Lipinski definition) is 3. The summed E-state index contributed by atoms with van der Waals surface area (Å²) in [6, 6.07) is 11.4. The van der Waals surface area contributed by atoms with E-state index in [0.717, 1.165) is 27.9 Å². The van der Waals surface area contributed by atoms with Crippen molar-refractivity contribution < 1.29 is 14.4 Å². The first kappa shape index (κ1) is 12.5. The molecule has 3 nitrogen and oxygen atoms in total. The summed E-state index contributed by atoms with van der Waals surface area (Å²) in [6.45, 7) is 0.391. The second-order valence-electron chi connectivity index (χ2n) is 4.39. The predicted molar refractivity (Wildman–Crippen MR) is 75.8 cm³/mol. The summed E-state index contributed by atoms with van der Waals surface area (Å²) in [5.74, 6) is 0.748. The fourth-order valence-electron chi connectivity index (χ4n) is 2.32. The Hall–Kier alpha value is -1.49. The van der Waals surface area contributed by atoms with Crippen molar-refractivity contribution in [2.75, 3.05) is 7.11 Å². The third-order valence-corrected chi connectivity index (χ3v) is 3.60. The molecule has 0 aliphatic carbocycles. The minimum atomic E-state index is -0.874. The van der Waals surface area contributed by atoms with Crippen LogP contribution in [0.2, 0.25) is 5.02 Å². The molecule has 0 radical (unpaired) electrons. The number of benzene rings is 2. The van der Waals surface area contributed by atoms with Crippen LogP contribution in [0.5, 0.6) is 5.75 Å². The van der Waals surface area contributed by atoms with Gasteiger partial charge < -0.3 is 14.4 Å². The van der Waals surface area contributed by atoms with Crippen molar-refractivity contribution in [1.82, 2.24) is 0 Å². The van der Waals surface area contributed by atoms with Crippen LogP contribution in [0, 0.1) is 0 Å². The monoisotopic (exact) mass is 274 g/mol. The van der Waals surface area contributed by atoms with Crippen LogP contribution in [-0.4, -0.2) is 19.3 Å². The van der Waals surface area contributed by atoms with Gasteiger partial charge in [-0.2, -0.15) is 0 Å². The van der Waals surface area contributed by atoms with Crippen LogP contribution in [0.4, 0.5) is 0 Å². The van der Waals surface area contributed by atoms with E-state index in [9.17, 15) is 5.02 Å². The molecule has 19 heavy (non-hydrogen) atoms. The van der Waals surface area contributed by atoms with E-state index in [0.29, 0.717) is 11.6 Å². The van der Waals surface area contributed by atoms with Crippen LogP contribution in [-0.2, 0) is 11.3 Å². The topological polar surface area (TPSA) is 38.7 Å². The Morgan fingerprint density at radius 3 is 2.84 bits per heavy atom. The van der Waals surface area contributed by atoms with E-state index >= 15 is 0 Å². The molecule has 0 amide bonds. The van der Waals surface area contributed by atoms with Crippen molar-refractivity contribution in [3.05, 3.63) is 47.0 Å². The van der Waals surface area contributed by atoms with Gasteiger partial charge in [-0.05, 0) is 23.2 Å². The zero-order valence-electron chi connectivity index (χ0n) is 10.4. The van der Waals surface area contributed by atoms with Crippen molar-refractivity contribution in [1.29, 1.82) is 0 Å². The molecule has 2 aromatic carbocycles. The molecule has 1 heterocycles. The summed E-state index contributed by atoms with van der Waals surface area (Å²) < 4.78 is 10.5. The van der Waals surface area contributed by atoms with Crippen LogP contribution in [0.25, 0.3) is 11.1 Å². The van der Waals surface area contributed by atoms with Gasteiger partial charge in [-0.1, -0.05) is 35.9 Å². The first-order chi connectivity index (χ1) is 9.20. The van der Waals surface area contributed by atoms with Crippen molar-refractivity contribution in [2.45, 2.75) is 6.61 Å². The van der Waals surface area contributed by atoms with E-state index in [2.05, 4.69) is 0 Å². The number of para-hydroxylation sites is 1. The number of ether oxygens (including phenoxy) is 1. The average molecular weight is 275 g/mol. The first-order valence-electron chi connectivity index (χ1n) is 5.96. The molecule has 0 fully saturated rings. The SMILES string of the molecule is COc1ccccc1-c1cc2c(cc1Cl)COB2O. The third kappa shape index (κ3) is 2.12. The predicted octanol–water partition coefficient (Wildman–Crippen LogP) is 2.23. The summed E-state index contributed by atoms with van der Waals surface area (Å²) in [4.78, 5) is 0. The summed E-state index contributed by atoms with van der Waals surface area (Å²) in [5, 5.41) is 10.4. The lowest BCUT2D eigenvalue weighted by molar-refractivity contribution is 0.275. The van der Waals surface area contributed by atoms with E-state index in [-0.39, 0.29) is 0 Å². The number of rotatable bonds is 2. The molecule has 2 aromatic rings. The smallest absolute Gasteiger partial charge is 0.491 e. The molecule has 1 N–H and O–H groups in total. The first-order valence-corrected chi connectivity index (χ1v) is 6.34. The highest BCUT2D eigenvalue weighted by Crippen LogP contribution is 2.35. The lowest BCUT2D eigenvalue weighted by Crippen LogP contribution is -2.28. The second kappa shape index (κ2) is 4.89. The highest BCUT2D eigenvalue weighted by molar-refractivity contribution is 6.61. The quantitative estimate of drug-likeness (QED) is 0.854. The van der Waals surface area contributed by atoms with Gasteiger partial charge in [0.1, 0.15) is 5.75 Å². The molecule has 0 atom stereocenters. The van der Waals surface area contributed by atoms with Gasteiger partial charge in [0.2, 0.25) is 0 Å². The van der Waals surface area contributed by atoms with Gasteiger partial charge in [-0.25, -0.2) is 0 Å². The minimum absolute atomic E-state index is 0.391. The van der Waals surface area contributed by atoms with Crippen LogP contribution in [0.3, 0.4) is 0 Å². The molecular formula is C14H12BClO3. The van der Waals surface area contributed by atoms with Gasteiger partial charge in [0.05, 0.1) is 13.7 Å². The largest absolute Gasteiger partial charge is 0.496 e. The van der Waals surface area contributed by atoms with E-state index in [1.54, 1.807) is 7.11 Å². The third-order valence-electron chi connectivity index (χ3n) is 3.29. The molecule has 0 aromatic heterocycles. The van der Waals surface area contributed by atoms with Crippen LogP contribution in [0.15, 0.2) is 36.4 Å². The molecule has 0 saturated carbocycles. The molecule has 0 saturated heterocycles. The van der Waals surface area contributed by atoms with Crippen molar-refractivity contribution in [3.63, 3.8) is 0 Å². The van der Waals surface area contributed by atoms with E-state index in [1.807, 2.05) is 36.4 Å². The van der Waals surface area contributed by atoms with Gasteiger partial charge in [-0.15, -0.1) is 0 Å². The Bertz CT molecular complexity index is 630. The molecule has 1 aliphatic rings. The summed E-state index contributed by atoms with van der Waals surface area (Å²) in [7, 11) is 0.749. The highest BCUT2D eigenvalue weighted by Gasteiger charge is 2.28. The maximum absolute atomic E-state index is 9.77. The molecule has 0 unspecified atom stereocenters. The van der Waals surface area contributed by atoms with Crippen LogP contribution < -0.4 is 10.2 Å². The molecule has 0 spiro atoms. The van der Waals surface area contributed by atoms with E-state index in [4.69, 9.17) is 21.0 Å². The van der Waals surface area contributed by atoms with Gasteiger partial charge in [0.15, 0.2) is 0 Å². The molecule has 5 heteroatoms. The highest BCUT2D eigenvalue weighted by atomic mass is 35.5. The Kier molecular flexibility index (Phi) is 3.23. The van der Waals surface area contributed by atoms with Gasteiger partial charge in [0.25, 0.3) is 0 Å². The van der Waals surface area contributed by atoms with Crippen LogP contribution >= 0.6 is 11.6 Å². The normalized spacial score (nSPS) is 13.5. The summed E-state index contributed by atoms with van der Waals surface area (Å²) in [6.07, 6.45) is 0. The molecule has 96 valence electrons. The Morgan fingerprint density at radius 1 is 1.26 bits per heavy atom. The molecule has 0 bridgehead atoms. The zero-order chi connectivity index (χ0) is 13.4. The Morgan fingerprint density at radius 2 is 2.05 bits per heavy atom. The second-order valence-corrected chi connectivity index (χ2v) is 4.80. The van der Waals surface area contributed by atoms with Crippen molar-refractivity contribution in [2.24, 2.45) is 0 Å². The zero-order valence-corrected chi connectivity index (χ0v) is 11.1. The fraction of sp³-hybridized carbons (Fsp3) is 0.143. The Labute approximate surface area is 116 Å². The van der Waals surface area contributed by atoms with E-state index < -0.39 is 7.12 Å². The summed E-state index contributed by atoms with van der Waals surface area (Å²) in [5.41, 5.74) is 3.43. The van der Waals surface area contributed by atoms with E-state index in [1.165, 1.54) is 0 Å². The van der Waals surface area contributed by atoms with Crippen molar-refractivity contribution >= 4 is 24.2 Å². The molecule has 1 aliphatic heterocycles. The fourth-order valence-corrected chi connectivity index (χ4v) is 2.61. The maximum Gasteiger partial charge on any atom is 0.491 e. The van der Waals surface area contributed by atoms with Gasteiger partial charge in [0, 0.05) is 16.1 Å². The number of methoxy groups -OCH3 is 1. The molecular weight excluding hydrogens is 262 g/mol. The van der Waals surface area contributed by atoms with Gasteiger partial charge in [-0.3, -0.25) is 0 Å². The summed E-state index contributed by atoms with van der Waals surface area (Å²) >= 11 is 6.33. The number of fused-ring (bicyclic) bond motifs is 1. The van der Waals surface area contributed by atoms with Crippen molar-refractivity contribution in [3.8, 4) is 16.9 Å². The lowest BCUT2D eigenvalue weighted by atomic mass is 9.78. The minimum Gasteiger partial charge on any atom is -0.496 e.